The largest absolute Gasteiger partial charge is 0.493 e. The number of benzene rings is 1. The SMILES string of the molecule is O=C(NC1CCC1NC1CCCCC1)c1ccc2c(c1)CCCO2. The molecule has 24 heavy (non-hydrogen) atoms. The van der Waals surface area contributed by atoms with E-state index in [-0.39, 0.29) is 11.9 Å². The van der Waals surface area contributed by atoms with Gasteiger partial charge in [0.05, 0.1) is 6.61 Å². The highest BCUT2D eigenvalue weighted by Gasteiger charge is 2.34. The third-order valence-corrected chi connectivity index (χ3v) is 5.82. The first-order valence-electron chi connectivity index (χ1n) is 9.62. The lowest BCUT2D eigenvalue weighted by atomic mass is 9.84. The van der Waals surface area contributed by atoms with Crippen molar-refractivity contribution in [2.75, 3.05) is 6.61 Å². The van der Waals surface area contributed by atoms with Crippen LogP contribution >= 0.6 is 0 Å². The second-order valence-corrected chi connectivity index (χ2v) is 7.54. The van der Waals surface area contributed by atoms with Crippen LogP contribution in [-0.2, 0) is 6.42 Å². The third-order valence-electron chi connectivity index (χ3n) is 5.82. The van der Waals surface area contributed by atoms with Crippen molar-refractivity contribution in [2.45, 2.75) is 75.9 Å². The molecule has 1 aromatic rings. The van der Waals surface area contributed by atoms with Crippen LogP contribution in [0.1, 0.15) is 67.3 Å². The van der Waals surface area contributed by atoms with Crippen molar-refractivity contribution in [2.24, 2.45) is 0 Å². The van der Waals surface area contributed by atoms with Gasteiger partial charge in [0.15, 0.2) is 0 Å². The standard InChI is InChI=1S/C20H28N2O2/c23-20(15-8-11-19-14(13-15)5-4-12-24-19)22-18-10-9-17(18)21-16-6-2-1-3-7-16/h8,11,13,16-18,21H,1-7,9-10,12H2,(H,22,23). The Balaban J connectivity index is 1.34. The molecule has 1 aromatic carbocycles. The summed E-state index contributed by atoms with van der Waals surface area (Å²) in [5.41, 5.74) is 1.93. The summed E-state index contributed by atoms with van der Waals surface area (Å²) in [6.07, 6.45) is 11.0. The van der Waals surface area contributed by atoms with Crippen molar-refractivity contribution in [3.63, 3.8) is 0 Å². The minimum atomic E-state index is 0.0588. The Morgan fingerprint density at radius 1 is 1.00 bits per heavy atom. The Hall–Kier alpha value is -1.55. The summed E-state index contributed by atoms with van der Waals surface area (Å²) in [7, 11) is 0. The lowest BCUT2D eigenvalue weighted by Gasteiger charge is -2.41. The molecule has 0 aromatic heterocycles. The van der Waals surface area contributed by atoms with Crippen LogP contribution in [0.3, 0.4) is 0 Å². The molecule has 4 nitrogen and oxygen atoms in total. The van der Waals surface area contributed by atoms with E-state index >= 15 is 0 Å². The van der Waals surface area contributed by atoms with E-state index in [1.54, 1.807) is 0 Å². The number of rotatable bonds is 4. The van der Waals surface area contributed by atoms with E-state index in [1.165, 1.54) is 44.1 Å². The number of fused-ring (bicyclic) bond motifs is 1. The van der Waals surface area contributed by atoms with Gasteiger partial charge in [0, 0.05) is 23.7 Å². The first kappa shape index (κ1) is 15.9. The van der Waals surface area contributed by atoms with Crippen LogP contribution in [0.25, 0.3) is 0 Å². The zero-order chi connectivity index (χ0) is 16.4. The molecule has 0 spiro atoms. The molecule has 4 heteroatoms. The molecular formula is C20H28N2O2. The van der Waals surface area contributed by atoms with Crippen molar-refractivity contribution in [1.82, 2.24) is 10.6 Å². The second kappa shape index (κ2) is 7.14. The number of amides is 1. The van der Waals surface area contributed by atoms with Gasteiger partial charge in [0.2, 0.25) is 0 Å². The maximum absolute atomic E-state index is 12.6. The summed E-state index contributed by atoms with van der Waals surface area (Å²) in [6, 6.07) is 7.24. The minimum absolute atomic E-state index is 0.0588. The number of carbonyl (C=O) groups excluding carboxylic acids is 1. The number of nitrogens with one attached hydrogen (secondary N) is 2. The van der Waals surface area contributed by atoms with Gasteiger partial charge >= 0.3 is 0 Å². The molecule has 4 rings (SSSR count). The summed E-state index contributed by atoms with van der Waals surface area (Å²) < 4.78 is 5.63. The lowest BCUT2D eigenvalue weighted by Crippen LogP contribution is -2.59. The Labute approximate surface area is 144 Å². The Morgan fingerprint density at radius 2 is 1.83 bits per heavy atom. The molecule has 3 aliphatic rings. The normalized spacial score (nSPS) is 26.8. The van der Waals surface area contributed by atoms with E-state index in [4.69, 9.17) is 4.74 Å². The Bertz CT molecular complexity index is 595. The Kier molecular flexibility index (Phi) is 4.74. The molecule has 1 aliphatic heterocycles. The zero-order valence-electron chi connectivity index (χ0n) is 14.4. The molecular weight excluding hydrogens is 300 g/mol. The van der Waals surface area contributed by atoms with Crippen LogP contribution in [0.2, 0.25) is 0 Å². The fourth-order valence-corrected chi connectivity index (χ4v) is 4.20. The van der Waals surface area contributed by atoms with E-state index in [0.717, 1.165) is 37.2 Å². The van der Waals surface area contributed by atoms with Crippen LogP contribution in [0.5, 0.6) is 5.75 Å². The molecule has 0 bridgehead atoms. The van der Waals surface area contributed by atoms with Crippen LogP contribution in [0, 0.1) is 0 Å². The van der Waals surface area contributed by atoms with Crippen molar-refractivity contribution in [1.29, 1.82) is 0 Å². The van der Waals surface area contributed by atoms with Crippen LogP contribution in [-0.4, -0.2) is 30.6 Å². The van der Waals surface area contributed by atoms with E-state index in [9.17, 15) is 4.79 Å². The van der Waals surface area contributed by atoms with E-state index in [1.807, 2.05) is 18.2 Å². The number of aryl methyl sites for hydroxylation is 1. The zero-order valence-corrected chi connectivity index (χ0v) is 14.4. The molecule has 2 saturated carbocycles. The first-order valence-corrected chi connectivity index (χ1v) is 9.62. The maximum Gasteiger partial charge on any atom is 0.251 e. The predicted octanol–water partition coefficient (Wildman–Crippen LogP) is 3.19. The van der Waals surface area contributed by atoms with Crippen molar-refractivity contribution in [3.8, 4) is 5.75 Å². The predicted molar refractivity (Wildman–Crippen MR) is 94.5 cm³/mol. The fourth-order valence-electron chi connectivity index (χ4n) is 4.20. The number of carbonyl (C=O) groups is 1. The molecule has 2 N–H and O–H groups in total. The molecule has 1 heterocycles. The lowest BCUT2D eigenvalue weighted by molar-refractivity contribution is 0.0885. The fraction of sp³-hybridized carbons (Fsp3) is 0.650. The van der Waals surface area contributed by atoms with E-state index in [2.05, 4.69) is 10.6 Å². The highest BCUT2D eigenvalue weighted by molar-refractivity contribution is 5.95. The summed E-state index contributed by atoms with van der Waals surface area (Å²) in [5.74, 6) is 1.00. The van der Waals surface area contributed by atoms with Gasteiger partial charge in [-0.2, -0.15) is 0 Å². The van der Waals surface area contributed by atoms with Gasteiger partial charge in [-0.25, -0.2) is 0 Å². The van der Waals surface area contributed by atoms with Crippen LogP contribution < -0.4 is 15.4 Å². The quantitative estimate of drug-likeness (QED) is 0.892. The Morgan fingerprint density at radius 3 is 2.62 bits per heavy atom. The topological polar surface area (TPSA) is 50.4 Å². The van der Waals surface area contributed by atoms with Crippen LogP contribution in [0.15, 0.2) is 18.2 Å². The molecule has 2 unspecified atom stereocenters. The highest BCUT2D eigenvalue weighted by Crippen LogP contribution is 2.27. The highest BCUT2D eigenvalue weighted by atomic mass is 16.5. The van der Waals surface area contributed by atoms with Gasteiger partial charge in [-0.15, -0.1) is 0 Å². The number of hydrogen-bond donors (Lipinski definition) is 2. The van der Waals surface area contributed by atoms with Crippen molar-refractivity contribution >= 4 is 5.91 Å². The molecule has 0 radical (unpaired) electrons. The molecule has 0 saturated heterocycles. The van der Waals surface area contributed by atoms with Crippen molar-refractivity contribution < 1.29 is 9.53 Å². The van der Waals surface area contributed by atoms with Gasteiger partial charge in [0.25, 0.3) is 5.91 Å². The van der Waals surface area contributed by atoms with Gasteiger partial charge < -0.3 is 15.4 Å². The summed E-state index contributed by atoms with van der Waals surface area (Å²) in [4.78, 5) is 12.6. The van der Waals surface area contributed by atoms with Crippen LogP contribution in [0.4, 0.5) is 0 Å². The summed E-state index contributed by atoms with van der Waals surface area (Å²) in [6.45, 7) is 0.787. The number of ether oxygens (including phenoxy) is 1. The van der Waals surface area contributed by atoms with E-state index in [0.29, 0.717) is 12.1 Å². The molecule has 2 aliphatic carbocycles. The van der Waals surface area contributed by atoms with Crippen molar-refractivity contribution in [3.05, 3.63) is 29.3 Å². The second-order valence-electron chi connectivity index (χ2n) is 7.54. The number of hydrogen-bond acceptors (Lipinski definition) is 3. The summed E-state index contributed by atoms with van der Waals surface area (Å²) in [5, 5.41) is 7.01. The molecule has 130 valence electrons. The smallest absolute Gasteiger partial charge is 0.251 e. The van der Waals surface area contributed by atoms with Gasteiger partial charge in [-0.1, -0.05) is 19.3 Å². The average molecular weight is 328 g/mol. The monoisotopic (exact) mass is 328 g/mol. The van der Waals surface area contributed by atoms with Gasteiger partial charge in [0.1, 0.15) is 5.75 Å². The summed E-state index contributed by atoms with van der Waals surface area (Å²) >= 11 is 0. The van der Waals surface area contributed by atoms with E-state index < -0.39 is 0 Å². The molecule has 2 atom stereocenters. The average Bonchev–Trinajstić information content (AvgIpc) is 2.63. The van der Waals surface area contributed by atoms with Gasteiger partial charge in [-0.05, 0) is 62.3 Å². The maximum atomic E-state index is 12.6. The van der Waals surface area contributed by atoms with Gasteiger partial charge in [-0.3, -0.25) is 4.79 Å². The first-order chi connectivity index (χ1) is 11.8. The molecule has 1 amide bonds. The molecule has 2 fully saturated rings. The third kappa shape index (κ3) is 3.44. The minimum Gasteiger partial charge on any atom is -0.493 e.